The summed E-state index contributed by atoms with van der Waals surface area (Å²) in [6.45, 7) is 8.51. The second-order valence-electron chi connectivity index (χ2n) is 13.6. The first-order valence-corrected chi connectivity index (χ1v) is 24.5. The van der Waals surface area contributed by atoms with Crippen LogP contribution in [0.15, 0.2) is 153 Å². The molecule has 14 nitrogen and oxygen atoms in total. The monoisotopic (exact) mass is 904 g/mol. The molecular formula is C43H52N8O6S4. The lowest BCUT2D eigenvalue weighted by Gasteiger charge is -2.25. The van der Waals surface area contributed by atoms with E-state index in [0.717, 1.165) is 47.8 Å². The van der Waals surface area contributed by atoms with Gasteiger partial charge in [-0.2, -0.15) is 0 Å². The minimum Gasteiger partial charge on any atom is -0.748 e. The number of azo groups is 2. The highest BCUT2D eigenvalue weighted by Gasteiger charge is 2.10. The van der Waals surface area contributed by atoms with E-state index in [1.54, 1.807) is 83.3 Å². The highest BCUT2D eigenvalue weighted by Crippen LogP contribution is 2.25. The van der Waals surface area contributed by atoms with Crippen LogP contribution in [-0.2, 0) is 45.8 Å². The van der Waals surface area contributed by atoms with Gasteiger partial charge < -0.3 is 18.9 Å². The van der Waals surface area contributed by atoms with Crippen molar-refractivity contribution in [1.29, 1.82) is 0 Å². The number of anilines is 2. The molecule has 6 rings (SSSR count). The molecule has 6 aromatic rings. The van der Waals surface area contributed by atoms with Gasteiger partial charge in [-0.25, -0.2) is 26.0 Å². The van der Waals surface area contributed by atoms with E-state index in [0.29, 0.717) is 11.1 Å². The summed E-state index contributed by atoms with van der Waals surface area (Å²) < 4.78 is 65.4. The summed E-state index contributed by atoms with van der Waals surface area (Å²) in [6, 6.07) is 33.5. The summed E-state index contributed by atoms with van der Waals surface area (Å²) >= 11 is 3.16. The maximum Gasteiger partial charge on any atom is 0.408 e. The van der Waals surface area contributed by atoms with Gasteiger partial charge >= 0.3 is 10.3 Å². The SMILES string of the molecule is CCN(CCCCCN(CC)c1ccc(N=Nc2scc[n+]2C)cc1)c1ccc(N=Nc2scc[n+]2C)cc1.O=S(=O)([O-])Cc1ccccc1.O=S(=O)([O-])Cc1ccccc1. The zero-order chi connectivity index (χ0) is 44.1. The van der Waals surface area contributed by atoms with Crippen LogP contribution in [0.4, 0.5) is 33.0 Å². The van der Waals surface area contributed by atoms with E-state index in [9.17, 15) is 25.9 Å². The largest absolute Gasteiger partial charge is 0.748 e. The van der Waals surface area contributed by atoms with E-state index >= 15 is 0 Å². The van der Waals surface area contributed by atoms with Crippen molar-refractivity contribution in [3.63, 3.8) is 0 Å². The molecule has 324 valence electrons. The van der Waals surface area contributed by atoms with Crippen molar-refractivity contribution in [3.05, 3.63) is 143 Å². The normalized spacial score (nSPS) is 11.5. The molecule has 0 saturated carbocycles. The van der Waals surface area contributed by atoms with E-state index in [4.69, 9.17) is 0 Å². The van der Waals surface area contributed by atoms with Crippen LogP contribution >= 0.6 is 22.7 Å². The summed E-state index contributed by atoms with van der Waals surface area (Å²) in [5.74, 6) is -0.846. The number of unbranched alkanes of at least 4 members (excludes halogenated alkanes) is 2. The molecule has 2 aromatic heterocycles. The van der Waals surface area contributed by atoms with Crippen LogP contribution in [0.2, 0.25) is 0 Å². The van der Waals surface area contributed by atoms with E-state index in [1.165, 1.54) is 30.6 Å². The van der Waals surface area contributed by atoms with Gasteiger partial charge in [-0.15, -0.1) is 0 Å². The van der Waals surface area contributed by atoms with Gasteiger partial charge in [0.1, 0.15) is 23.8 Å². The highest BCUT2D eigenvalue weighted by atomic mass is 32.2. The molecule has 0 saturated heterocycles. The Morgan fingerprint density at radius 1 is 0.525 bits per heavy atom. The fourth-order valence-electron chi connectivity index (χ4n) is 5.79. The first-order chi connectivity index (χ1) is 29.2. The second kappa shape index (κ2) is 24.9. The third-order valence-electron chi connectivity index (χ3n) is 8.94. The van der Waals surface area contributed by atoms with Gasteiger partial charge in [0.15, 0.2) is 0 Å². The van der Waals surface area contributed by atoms with Gasteiger partial charge in [-0.05, 0) is 126 Å². The maximum absolute atomic E-state index is 10.2. The standard InChI is InChI=1S/C29H38N8S2.2C7H8O3S/c1-5-36(26-14-10-24(11-15-26)30-32-28-34(3)20-22-38-28)18-8-7-9-19-37(6-2)27-16-12-25(13-17-27)31-33-29-35(4)21-23-39-29;2*8-11(9,10)6-7-4-2-1-3-5-7/h10-17,20-23H,5-9,18-19H2,1-4H3;2*1-5H,6H2,(H,8,9,10)/q+2;;/p-2. The van der Waals surface area contributed by atoms with Crippen LogP contribution < -0.4 is 18.9 Å². The van der Waals surface area contributed by atoms with Gasteiger partial charge in [0.2, 0.25) is 0 Å². The molecule has 0 aliphatic carbocycles. The van der Waals surface area contributed by atoms with Crippen LogP contribution in [0.1, 0.15) is 44.2 Å². The summed E-state index contributed by atoms with van der Waals surface area (Å²) in [5, 5.41) is 23.3. The molecule has 2 heterocycles. The lowest BCUT2D eigenvalue weighted by Crippen LogP contribution is -2.25. The van der Waals surface area contributed by atoms with E-state index in [1.807, 2.05) is 70.6 Å². The lowest BCUT2D eigenvalue weighted by molar-refractivity contribution is -0.654. The molecule has 0 aliphatic rings. The Bertz CT molecular complexity index is 2290. The zero-order valence-electron chi connectivity index (χ0n) is 34.7. The van der Waals surface area contributed by atoms with Gasteiger partial charge in [0.25, 0.3) is 0 Å². The molecule has 0 atom stereocenters. The number of hydrogen-bond acceptors (Lipinski definition) is 14. The van der Waals surface area contributed by atoms with Crippen molar-refractivity contribution in [2.45, 2.75) is 44.6 Å². The quantitative estimate of drug-likeness (QED) is 0.0355. The van der Waals surface area contributed by atoms with Crippen molar-refractivity contribution in [2.75, 3.05) is 36.0 Å². The van der Waals surface area contributed by atoms with Crippen molar-refractivity contribution < 1.29 is 35.1 Å². The molecular weight excluding hydrogens is 853 g/mol. The molecule has 0 fully saturated rings. The highest BCUT2D eigenvalue weighted by molar-refractivity contribution is 7.85. The molecule has 0 amide bonds. The summed E-state index contributed by atoms with van der Waals surface area (Å²) in [5.41, 5.74) is 5.27. The predicted molar refractivity (Wildman–Crippen MR) is 242 cm³/mol. The Hall–Kier alpha value is -5.24. The van der Waals surface area contributed by atoms with E-state index in [-0.39, 0.29) is 0 Å². The Balaban J connectivity index is 0.000000301. The van der Waals surface area contributed by atoms with Crippen LogP contribution in [-0.4, -0.2) is 52.1 Å². The zero-order valence-corrected chi connectivity index (χ0v) is 38.0. The van der Waals surface area contributed by atoms with Gasteiger partial charge in [0, 0.05) is 48.3 Å². The minimum absolute atomic E-state index is 0.423. The summed E-state index contributed by atoms with van der Waals surface area (Å²) in [4.78, 5) is 4.86. The van der Waals surface area contributed by atoms with Crippen LogP contribution in [0.3, 0.4) is 0 Å². The third-order valence-corrected chi connectivity index (χ3v) is 12.0. The van der Waals surface area contributed by atoms with Gasteiger partial charge in [0.05, 0.1) is 56.1 Å². The van der Waals surface area contributed by atoms with Crippen molar-refractivity contribution in [3.8, 4) is 0 Å². The molecule has 0 bridgehead atoms. The predicted octanol–water partition coefficient (Wildman–Crippen LogP) is 9.28. The van der Waals surface area contributed by atoms with Gasteiger partial charge in [-0.1, -0.05) is 60.7 Å². The number of nitrogens with zero attached hydrogens (tertiary/aromatic N) is 8. The fourth-order valence-corrected chi connectivity index (χ4v) is 8.35. The molecule has 0 unspecified atom stereocenters. The first-order valence-electron chi connectivity index (χ1n) is 19.6. The number of aryl methyl sites for hydroxylation is 2. The van der Waals surface area contributed by atoms with Crippen molar-refractivity contribution in [2.24, 2.45) is 34.6 Å². The Morgan fingerprint density at radius 3 is 1.18 bits per heavy atom. The molecule has 0 aliphatic heterocycles. The second-order valence-corrected chi connectivity index (χ2v) is 18.2. The summed E-state index contributed by atoms with van der Waals surface area (Å²) in [7, 11) is -4.30. The topological polar surface area (TPSA) is 178 Å². The minimum atomic E-state index is -4.13. The van der Waals surface area contributed by atoms with Crippen molar-refractivity contribution >= 4 is 75.9 Å². The number of aromatic nitrogens is 2. The van der Waals surface area contributed by atoms with E-state index < -0.39 is 31.7 Å². The smallest absolute Gasteiger partial charge is 0.408 e. The molecule has 0 spiro atoms. The van der Waals surface area contributed by atoms with Crippen LogP contribution in [0, 0.1) is 0 Å². The van der Waals surface area contributed by atoms with Gasteiger partial charge in [-0.3, -0.25) is 0 Å². The Labute approximate surface area is 367 Å². The average Bonchev–Trinajstić information content (AvgIpc) is 3.85. The third kappa shape index (κ3) is 18.5. The van der Waals surface area contributed by atoms with Crippen LogP contribution in [0.25, 0.3) is 0 Å². The lowest BCUT2D eigenvalue weighted by atomic mass is 10.2. The molecule has 18 heteroatoms. The van der Waals surface area contributed by atoms with Crippen LogP contribution in [0.5, 0.6) is 0 Å². The maximum atomic E-state index is 10.2. The number of hydrogen-bond donors (Lipinski definition) is 0. The Morgan fingerprint density at radius 2 is 0.885 bits per heavy atom. The molecule has 0 N–H and O–H groups in total. The molecule has 61 heavy (non-hydrogen) atoms. The number of benzene rings is 4. The average molecular weight is 905 g/mol. The first kappa shape index (κ1) is 48.4. The number of rotatable bonds is 18. The fraction of sp³-hybridized carbons (Fsp3) is 0.302. The molecule has 0 radical (unpaired) electrons. The molecule has 4 aromatic carbocycles. The Kier molecular flexibility index (Phi) is 19.8. The van der Waals surface area contributed by atoms with E-state index in [2.05, 4.69) is 68.4 Å². The van der Waals surface area contributed by atoms with Crippen molar-refractivity contribution in [1.82, 2.24) is 0 Å². The number of thiazole rings is 2. The summed E-state index contributed by atoms with van der Waals surface area (Å²) in [6.07, 6.45) is 7.50.